The van der Waals surface area contributed by atoms with Gasteiger partial charge in [0.25, 0.3) is 0 Å². The highest BCUT2D eigenvalue weighted by atomic mass is 16.6. The average Bonchev–Trinajstić information content (AvgIpc) is 2.77. The van der Waals surface area contributed by atoms with Crippen LogP contribution in [-0.4, -0.2) is 66.2 Å². The quantitative estimate of drug-likeness (QED) is 0.860. The van der Waals surface area contributed by atoms with Crippen molar-refractivity contribution in [1.29, 1.82) is 0 Å². The van der Waals surface area contributed by atoms with Gasteiger partial charge in [-0.2, -0.15) is 0 Å². The van der Waals surface area contributed by atoms with E-state index in [1.165, 1.54) is 0 Å². The first-order chi connectivity index (χ1) is 10.6. The third-order valence-electron chi connectivity index (χ3n) is 4.73. The van der Waals surface area contributed by atoms with Crippen molar-refractivity contribution in [3.05, 3.63) is 0 Å². The number of rotatable bonds is 3. The van der Waals surface area contributed by atoms with Crippen molar-refractivity contribution in [2.24, 2.45) is 5.92 Å². The lowest BCUT2D eigenvalue weighted by molar-refractivity contribution is -0.130. The molecule has 0 spiro atoms. The molecule has 3 unspecified atom stereocenters. The Morgan fingerprint density at radius 1 is 1.26 bits per heavy atom. The van der Waals surface area contributed by atoms with Gasteiger partial charge in [0.15, 0.2) is 0 Å². The van der Waals surface area contributed by atoms with Crippen LogP contribution in [0.1, 0.15) is 47.0 Å². The second-order valence-electron chi connectivity index (χ2n) is 8.09. The van der Waals surface area contributed by atoms with E-state index < -0.39 is 5.60 Å². The lowest BCUT2D eigenvalue weighted by Gasteiger charge is -2.32. The zero-order valence-corrected chi connectivity index (χ0v) is 15.3. The Morgan fingerprint density at radius 3 is 2.48 bits per heavy atom. The largest absolute Gasteiger partial charge is 0.444 e. The van der Waals surface area contributed by atoms with E-state index in [0.29, 0.717) is 5.92 Å². The zero-order chi connectivity index (χ0) is 17.4. The van der Waals surface area contributed by atoms with E-state index in [4.69, 9.17) is 4.74 Å². The van der Waals surface area contributed by atoms with E-state index >= 15 is 0 Å². The Balaban J connectivity index is 1.94. The Labute approximate surface area is 139 Å². The summed E-state index contributed by atoms with van der Waals surface area (Å²) in [6, 6.07) is 0.382. The van der Waals surface area contributed by atoms with Gasteiger partial charge in [0.2, 0.25) is 5.91 Å². The molecule has 1 aliphatic heterocycles. The molecule has 2 amide bonds. The Hall–Kier alpha value is -1.30. The Bertz CT molecular complexity index is 458. The molecule has 6 nitrogen and oxygen atoms in total. The van der Waals surface area contributed by atoms with Gasteiger partial charge in [0.05, 0.1) is 6.04 Å². The lowest BCUT2D eigenvalue weighted by Crippen LogP contribution is -2.49. The van der Waals surface area contributed by atoms with Crippen molar-refractivity contribution in [3.63, 3.8) is 0 Å². The number of likely N-dealkylation sites (tertiary alicyclic amines) is 1. The van der Waals surface area contributed by atoms with Crippen molar-refractivity contribution in [2.45, 2.75) is 70.7 Å². The summed E-state index contributed by atoms with van der Waals surface area (Å²) in [4.78, 5) is 27.9. The Morgan fingerprint density at radius 2 is 1.91 bits per heavy atom. The minimum absolute atomic E-state index is 0.0918. The van der Waals surface area contributed by atoms with E-state index in [1.54, 1.807) is 19.0 Å². The summed E-state index contributed by atoms with van der Waals surface area (Å²) in [5.41, 5.74) is -0.460. The SMILES string of the molecule is C[C@H](NC1CCC2CC1CN2C(=O)OC(C)(C)C)C(=O)N(C)C. The van der Waals surface area contributed by atoms with E-state index in [-0.39, 0.29) is 30.1 Å². The fourth-order valence-corrected chi connectivity index (χ4v) is 3.67. The summed E-state index contributed by atoms with van der Waals surface area (Å²) in [6.45, 7) is 8.32. The van der Waals surface area contributed by atoms with Gasteiger partial charge in [-0.05, 0) is 52.9 Å². The van der Waals surface area contributed by atoms with Crippen LogP contribution in [0.25, 0.3) is 0 Å². The first-order valence-electron chi connectivity index (χ1n) is 8.55. The molecule has 2 fully saturated rings. The molecule has 1 heterocycles. The molecule has 23 heavy (non-hydrogen) atoms. The second kappa shape index (κ2) is 6.67. The molecule has 4 atom stereocenters. The molecule has 1 saturated heterocycles. The maximum absolute atomic E-state index is 12.4. The number of amides is 2. The number of hydrogen-bond acceptors (Lipinski definition) is 4. The number of ether oxygens (including phenoxy) is 1. The van der Waals surface area contributed by atoms with Gasteiger partial charge < -0.3 is 19.9 Å². The van der Waals surface area contributed by atoms with Crippen LogP contribution in [0.4, 0.5) is 4.79 Å². The fourth-order valence-electron chi connectivity index (χ4n) is 3.67. The molecule has 0 aromatic carbocycles. The molecule has 0 radical (unpaired) electrons. The van der Waals surface area contributed by atoms with Gasteiger partial charge >= 0.3 is 6.09 Å². The normalized spacial score (nSPS) is 28.4. The van der Waals surface area contributed by atoms with E-state index in [0.717, 1.165) is 25.8 Å². The number of nitrogens with zero attached hydrogens (tertiary/aromatic N) is 2. The summed E-state index contributed by atoms with van der Waals surface area (Å²) in [7, 11) is 3.55. The molecule has 1 aliphatic carbocycles. The van der Waals surface area contributed by atoms with Gasteiger partial charge in [-0.1, -0.05) is 0 Å². The highest BCUT2D eigenvalue weighted by Gasteiger charge is 2.44. The van der Waals surface area contributed by atoms with Crippen LogP contribution in [-0.2, 0) is 9.53 Å². The first-order valence-corrected chi connectivity index (χ1v) is 8.55. The Kier molecular flexibility index (Phi) is 5.23. The minimum Gasteiger partial charge on any atom is -0.444 e. The number of fused-ring (bicyclic) bond motifs is 2. The molecular formula is C17H31N3O3. The number of nitrogens with one attached hydrogen (secondary N) is 1. The lowest BCUT2D eigenvalue weighted by atomic mass is 9.85. The zero-order valence-electron chi connectivity index (χ0n) is 15.3. The summed E-state index contributed by atoms with van der Waals surface area (Å²) in [5.74, 6) is 0.493. The van der Waals surface area contributed by atoms with Crippen molar-refractivity contribution < 1.29 is 14.3 Å². The number of hydrogen-bond donors (Lipinski definition) is 1. The van der Waals surface area contributed by atoms with Gasteiger partial charge in [-0.25, -0.2) is 4.79 Å². The monoisotopic (exact) mass is 325 g/mol. The molecule has 2 aliphatic rings. The maximum atomic E-state index is 12.4. The van der Waals surface area contributed by atoms with Crippen LogP contribution >= 0.6 is 0 Å². The third kappa shape index (κ3) is 4.37. The molecule has 2 rings (SSSR count). The fraction of sp³-hybridized carbons (Fsp3) is 0.882. The van der Waals surface area contributed by atoms with Crippen LogP contribution < -0.4 is 5.32 Å². The van der Waals surface area contributed by atoms with E-state index in [9.17, 15) is 9.59 Å². The van der Waals surface area contributed by atoms with Crippen LogP contribution in [0, 0.1) is 5.92 Å². The van der Waals surface area contributed by atoms with E-state index in [2.05, 4.69) is 5.32 Å². The highest BCUT2D eigenvalue weighted by molar-refractivity contribution is 5.80. The van der Waals surface area contributed by atoms with Crippen molar-refractivity contribution >= 4 is 12.0 Å². The standard InChI is InChI=1S/C17H31N3O3/c1-11(15(21)19(5)6)18-14-8-7-13-9-12(14)10-20(13)16(22)23-17(2,3)4/h11-14,18H,7-10H2,1-6H3/t11-,12?,13?,14?/m0/s1. The van der Waals surface area contributed by atoms with E-state index in [1.807, 2.05) is 32.6 Å². The van der Waals surface area contributed by atoms with Crippen LogP contribution in [0.15, 0.2) is 0 Å². The van der Waals surface area contributed by atoms with Crippen molar-refractivity contribution in [1.82, 2.24) is 15.1 Å². The second-order valence-corrected chi connectivity index (χ2v) is 8.09. The number of carbonyl (C=O) groups excluding carboxylic acids is 2. The molecule has 132 valence electrons. The average molecular weight is 325 g/mol. The summed E-state index contributed by atoms with van der Waals surface area (Å²) in [5, 5.41) is 3.47. The van der Waals surface area contributed by atoms with Crippen LogP contribution in [0.3, 0.4) is 0 Å². The molecule has 0 aromatic rings. The van der Waals surface area contributed by atoms with Gasteiger partial charge in [0.1, 0.15) is 5.60 Å². The number of carbonyl (C=O) groups is 2. The minimum atomic E-state index is -0.460. The smallest absolute Gasteiger partial charge is 0.410 e. The predicted molar refractivity (Wildman–Crippen MR) is 89.1 cm³/mol. The first kappa shape index (κ1) is 18.0. The van der Waals surface area contributed by atoms with Crippen LogP contribution in [0.5, 0.6) is 0 Å². The van der Waals surface area contributed by atoms with Gasteiger partial charge in [-0.15, -0.1) is 0 Å². The summed E-state index contributed by atoms with van der Waals surface area (Å²) in [6.07, 6.45) is 2.76. The van der Waals surface area contributed by atoms with Crippen LogP contribution in [0.2, 0.25) is 0 Å². The molecule has 6 heteroatoms. The predicted octanol–water partition coefficient (Wildman–Crippen LogP) is 1.84. The van der Waals surface area contributed by atoms with Gasteiger partial charge in [0, 0.05) is 32.7 Å². The topological polar surface area (TPSA) is 61.9 Å². The summed E-state index contributed by atoms with van der Waals surface area (Å²) >= 11 is 0. The molecule has 0 aromatic heterocycles. The highest BCUT2D eigenvalue weighted by Crippen LogP contribution is 2.36. The molecular weight excluding hydrogens is 294 g/mol. The molecule has 2 bridgehead atoms. The maximum Gasteiger partial charge on any atom is 0.410 e. The number of likely N-dealkylation sites (N-methyl/N-ethyl adjacent to an activating group) is 1. The van der Waals surface area contributed by atoms with Crippen molar-refractivity contribution in [2.75, 3.05) is 20.6 Å². The van der Waals surface area contributed by atoms with Crippen molar-refractivity contribution in [3.8, 4) is 0 Å². The molecule has 1 N–H and O–H groups in total. The third-order valence-corrected chi connectivity index (χ3v) is 4.73. The molecule has 1 saturated carbocycles. The summed E-state index contributed by atoms with van der Waals surface area (Å²) < 4.78 is 5.52. The van der Waals surface area contributed by atoms with Gasteiger partial charge in [-0.3, -0.25) is 4.79 Å².